The average molecular weight is 478 g/mol. The number of alkyl halides is 3. The first-order valence-corrected chi connectivity index (χ1v) is 10.2. The van der Waals surface area contributed by atoms with Crippen molar-refractivity contribution in [2.75, 3.05) is 10.6 Å². The fourth-order valence-corrected chi connectivity index (χ4v) is 2.86. The van der Waals surface area contributed by atoms with E-state index >= 15 is 0 Å². The molecule has 1 heterocycles. The van der Waals surface area contributed by atoms with E-state index < -0.39 is 35.1 Å². The zero-order chi connectivity index (χ0) is 25.1. The molecule has 0 saturated heterocycles. The van der Waals surface area contributed by atoms with Gasteiger partial charge in [-0.3, -0.25) is 9.59 Å². The Morgan fingerprint density at radius 3 is 2.26 bits per heavy atom. The second-order valence-corrected chi connectivity index (χ2v) is 8.53. The third-order valence-corrected chi connectivity index (χ3v) is 4.67. The molecule has 3 aromatic rings. The summed E-state index contributed by atoms with van der Waals surface area (Å²) in [5.74, 6) is -1.27. The number of rotatable bonds is 6. The molecule has 0 aliphatic heterocycles. The molecule has 2 aromatic carbocycles. The number of nitrogens with one attached hydrogen (secondary N) is 2. The zero-order valence-corrected chi connectivity index (χ0v) is 18.6. The number of nitrogens with zero attached hydrogens (tertiary/aromatic N) is 2. The highest BCUT2D eigenvalue weighted by molar-refractivity contribution is 6.04. The number of carbonyl (C=O) groups excluding carboxylic acids is 2. The Bertz CT molecular complexity index is 1180. The number of halogens is 4. The molecule has 2 amide bonds. The fraction of sp³-hybridized carbons (Fsp3) is 0.304. The van der Waals surface area contributed by atoms with E-state index in [4.69, 9.17) is 4.52 Å². The number of aryl methyl sites for hydroxylation is 1. The minimum absolute atomic E-state index is 0.0576. The van der Waals surface area contributed by atoms with Gasteiger partial charge in [-0.05, 0) is 42.5 Å². The van der Waals surface area contributed by atoms with Crippen LogP contribution in [-0.2, 0) is 22.8 Å². The Morgan fingerprint density at radius 2 is 1.68 bits per heavy atom. The van der Waals surface area contributed by atoms with E-state index in [1.807, 2.05) is 20.8 Å². The van der Waals surface area contributed by atoms with Gasteiger partial charge < -0.3 is 15.2 Å². The molecule has 34 heavy (non-hydrogen) atoms. The zero-order valence-electron chi connectivity index (χ0n) is 18.6. The van der Waals surface area contributed by atoms with Gasteiger partial charge in [0.05, 0.1) is 11.3 Å². The molecule has 0 atom stereocenters. The largest absolute Gasteiger partial charge is 0.418 e. The van der Waals surface area contributed by atoms with Crippen molar-refractivity contribution in [3.63, 3.8) is 0 Å². The van der Waals surface area contributed by atoms with Crippen LogP contribution in [0.5, 0.6) is 0 Å². The predicted octanol–water partition coefficient (Wildman–Crippen LogP) is 5.35. The molecule has 0 aliphatic rings. The lowest BCUT2D eigenvalue weighted by atomic mass is 9.96. The molecule has 180 valence electrons. The minimum atomic E-state index is -4.80. The smallest absolute Gasteiger partial charge is 0.339 e. The number of aromatic nitrogens is 2. The SMILES string of the molecule is CC(C)(C)c1noc(CCC(=O)Nc2ccc(NC(=O)c3ccc(F)cc3)cc2C(F)(F)F)n1. The van der Waals surface area contributed by atoms with E-state index in [2.05, 4.69) is 20.8 Å². The lowest BCUT2D eigenvalue weighted by molar-refractivity contribution is -0.136. The minimum Gasteiger partial charge on any atom is -0.339 e. The molecule has 0 aliphatic carbocycles. The summed E-state index contributed by atoms with van der Waals surface area (Å²) in [5, 5.41) is 8.41. The van der Waals surface area contributed by atoms with Crippen LogP contribution < -0.4 is 10.6 Å². The van der Waals surface area contributed by atoms with Gasteiger partial charge in [0.25, 0.3) is 5.91 Å². The highest BCUT2D eigenvalue weighted by Gasteiger charge is 2.34. The number of hydrogen-bond donors (Lipinski definition) is 2. The van der Waals surface area contributed by atoms with Gasteiger partial charge in [0, 0.05) is 29.5 Å². The maximum Gasteiger partial charge on any atom is 0.418 e. The van der Waals surface area contributed by atoms with E-state index in [1.54, 1.807) is 0 Å². The molecule has 0 bridgehead atoms. The van der Waals surface area contributed by atoms with E-state index in [0.29, 0.717) is 11.9 Å². The number of hydrogen-bond acceptors (Lipinski definition) is 5. The molecule has 0 spiro atoms. The third kappa shape index (κ3) is 6.40. The Kier molecular flexibility index (Phi) is 7.04. The van der Waals surface area contributed by atoms with E-state index in [0.717, 1.165) is 18.2 Å². The Morgan fingerprint density at radius 1 is 1.00 bits per heavy atom. The molecular formula is C23H22F4N4O3. The van der Waals surface area contributed by atoms with Crippen LogP contribution in [0.4, 0.5) is 28.9 Å². The van der Waals surface area contributed by atoms with Gasteiger partial charge in [-0.2, -0.15) is 18.2 Å². The first kappa shape index (κ1) is 24.9. The van der Waals surface area contributed by atoms with Crippen LogP contribution in [0.15, 0.2) is 47.0 Å². The maximum atomic E-state index is 13.6. The third-order valence-electron chi connectivity index (χ3n) is 4.67. The summed E-state index contributed by atoms with van der Waals surface area (Å²) in [6.45, 7) is 5.66. The normalized spacial score (nSPS) is 11.9. The Hall–Kier alpha value is -3.76. The summed E-state index contributed by atoms with van der Waals surface area (Å²) in [6, 6.07) is 7.52. The highest BCUT2D eigenvalue weighted by Crippen LogP contribution is 2.37. The molecule has 2 N–H and O–H groups in total. The Balaban J connectivity index is 1.70. The van der Waals surface area contributed by atoms with E-state index in [9.17, 15) is 27.2 Å². The van der Waals surface area contributed by atoms with Gasteiger partial charge in [-0.25, -0.2) is 4.39 Å². The number of amides is 2. The van der Waals surface area contributed by atoms with Crippen molar-refractivity contribution in [3.05, 3.63) is 71.1 Å². The number of anilines is 2. The van der Waals surface area contributed by atoms with Gasteiger partial charge in [-0.1, -0.05) is 25.9 Å². The van der Waals surface area contributed by atoms with Crippen molar-refractivity contribution >= 4 is 23.2 Å². The summed E-state index contributed by atoms with van der Waals surface area (Å²) in [7, 11) is 0. The summed E-state index contributed by atoms with van der Waals surface area (Å²) in [5.41, 5.74) is -2.01. The maximum absolute atomic E-state index is 13.6. The molecule has 7 nitrogen and oxygen atoms in total. The molecule has 0 saturated carbocycles. The second kappa shape index (κ2) is 9.62. The fourth-order valence-electron chi connectivity index (χ4n) is 2.86. The average Bonchev–Trinajstić information content (AvgIpc) is 3.23. The highest BCUT2D eigenvalue weighted by atomic mass is 19.4. The van der Waals surface area contributed by atoms with Crippen LogP contribution in [0.2, 0.25) is 0 Å². The van der Waals surface area contributed by atoms with Gasteiger partial charge >= 0.3 is 6.18 Å². The van der Waals surface area contributed by atoms with E-state index in [-0.39, 0.29) is 35.4 Å². The van der Waals surface area contributed by atoms with Crippen molar-refractivity contribution < 1.29 is 31.7 Å². The lowest BCUT2D eigenvalue weighted by Crippen LogP contribution is -2.18. The van der Waals surface area contributed by atoms with Crippen molar-refractivity contribution in [1.29, 1.82) is 0 Å². The molecular weight excluding hydrogens is 456 g/mol. The molecule has 0 radical (unpaired) electrons. The molecule has 11 heteroatoms. The molecule has 0 unspecified atom stereocenters. The van der Waals surface area contributed by atoms with Gasteiger partial charge in [0.15, 0.2) is 5.82 Å². The van der Waals surface area contributed by atoms with Crippen LogP contribution in [0.1, 0.15) is 54.8 Å². The van der Waals surface area contributed by atoms with Crippen molar-refractivity contribution in [2.24, 2.45) is 0 Å². The summed E-state index contributed by atoms with van der Waals surface area (Å²) < 4.78 is 58.9. The van der Waals surface area contributed by atoms with E-state index in [1.165, 1.54) is 18.2 Å². The lowest BCUT2D eigenvalue weighted by Gasteiger charge is -2.16. The van der Waals surface area contributed by atoms with Gasteiger partial charge in [-0.15, -0.1) is 0 Å². The van der Waals surface area contributed by atoms with Crippen LogP contribution in [-0.4, -0.2) is 22.0 Å². The Labute approximate surface area is 192 Å². The van der Waals surface area contributed by atoms with Crippen molar-refractivity contribution in [3.8, 4) is 0 Å². The van der Waals surface area contributed by atoms with Gasteiger partial charge in [0.2, 0.25) is 11.8 Å². The number of benzene rings is 2. The van der Waals surface area contributed by atoms with Crippen LogP contribution in [0, 0.1) is 5.82 Å². The van der Waals surface area contributed by atoms with Crippen LogP contribution in [0.25, 0.3) is 0 Å². The first-order chi connectivity index (χ1) is 15.8. The first-order valence-electron chi connectivity index (χ1n) is 10.2. The van der Waals surface area contributed by atoms with Crippen LogP contribution in [0.3, 0.4) is 0 Å². The molecule has 3 rings (SSSR count). The molecule has 1 aromatic heterocycles. The topological polar surface area (TPSA) is 97.1 Å². The molecule has 0 fully saturated rings. The predicted molar refractivity (Wildman–Crippen MR) is 116 cm³/mol. The summed E-state index contributed by atoms with van der Waals surface area (Å²) in [4.78, 5) is 28.7. The number of carbonyl (C=O) groups is 2. The van der Waals surface area contributed by atoms with Crippen molar-refractivity contribution in [2.45, 2.75) is 45.2 Å². The summed E-state index contributed by atoms with van der Waals surface area (Å²) >= 11 is 0. The quantitative estimate of drug-likeness (QED) is 0.466. The monoisotopic (exact) mass is 478 g/mol. The van der Waals surface area contributed by atoms with Gasteiger partial charge in [0.1, 0.15) is 5.82 Å². The second-order valence-electron chi connectivity index (χ2n) is 8.53. The van der Waals surface area contributed by atoms with Crippen molar-refractivity contribution in [1.82, 2.24) is 10.1 Å². The summed E-state index contributed by atoms with van der Waals surface area (Å²) in [6.07, 6.45) is -4.92. The van der Waals surface area contributed by atoms with Crippen LogP contribution >= 0.6 is 0 Å². The standard InChI is InChI=1S/C23H22F4N4O3/c1-22(2,3)21-30-19(34-31-21)11-10-18(32)29-17-9-8-15(12-16(17)23(25,26)27)28-20(33)13-4-6-14(24)7-5-13/h4-9,12H,10-11H2,1-3H3,(H,28,33)(H,29,32).